The van der Waals surface area contributed by atoms with E-state index >= 15 is 0 Å². The minimum Gasteiger partial charge on any atom is -0.323 e. The molecule has 3 aromatic rings. The van der Waals surface area contributed by atoms with E-state index in [0.29, 0.717) is 22.6 Å². The highest BCUT2D eigenvalue weighted by Gasteiger charge is 2.12. The van der Waals surface area contributed by atoms with Crippen molar-refractivity contribution in [3.05, 3.63) is 56.8 Å². The monoisotopic (exact) mass is 285 g/mol. The molecule has 21 heavy (non-hydrogen) atoms. The van der Waals surface area contributed by atoms with Gasteiger partial charge in [0.05, 0.1) is 9.85 Å². The van der Waals surface area contributed by atoms with Crippen LogP contribution in [-0.2, 0) is 0 Å². The van der Waals surface area contributed by atoms with Crippen molar-refractivity contribution in [3.63, 3.8) is 0 Å². The number of hydrogen-bond acceptors (Lipinski definition) is 6. The van der Waals surface area contributed by atoms with Crippen LogP contribution >= 0.6 is 0 Å². The van der Waals surface area contributed by atoms with E-state index in [2.05, 4.69) is 15.0 Å². The molecule has 0 fully saturated rings. The lowest BCUT2D eigenvalue weighted by Crippen LogP contribution is -1.88. The fraction of sp³-hybridized carbons (Fsp3) is 0. The first kappa shape index (κ1) is 12.7. The first-order valence-electron chi connectivity index (χ1n) is 5.79. The molecule has 0 amide bonds. The van der Waals surface area contributed by atoms with Crippen molar-refractivity contribution >= 4 is 22.5 Å². The molecule has 2 heterocycles. The van der Waals surface area contributed by atoms with Crippen LogP contribution in [0.15, 0.2) is 36.5 Å². The molecule has 3 rings (SSSR count). The van der Waals surface area contributed by atoms with Crippen LogP contribution in [-0.4, -0.2) is 24.8 Å². The van der Waals surface area contributed by atoms with Gasteiger partial charge in [-0.1, -0.05) is 0 Å². The number of imidazole rings is 1. The van der Waals surface area contributed by atoms with E-state index in [-0.39, 0.29) is 11.4 Å². The average molecular weight is 285 g/mol. The molecular formula is C12H7N5O4. The van der Waals surface area contributed by atoms with Crippen LogP contribution in [0, 0.1) is 20.2 Å². The van der Waals surface area contributed by atoms with Crippen molar-refractivity contribution in [3.8, 4) is 11.4 Å². The summed E-state index contributed by atoms with van der Waals surface area (Å²) < 4.78 is 0. The minimum absolute atomic E-state index is 0.0244. The molecule has 0 saturated carbocycles. The van der Waals surface area contributed by atoms with Crippen LogP contribution in [0.5, 0.6) is 0 Å². The fourth-order valence-electron chi connectivity index (χ4n) is 1.86. The van der Waals surface area contributed by atoms with Crippen LogP contribution < -0.4 is 0 Å². The maximum Gasteiger partial charge on any atom is 0.289 e. The molecule has 2 aromatic heterocycles. The molecular weight excluding hydrogens is 278 g/mol. The van der Waals surface area contributed by atoms with Gasteiger partial charge in [0.15, 0.2) is 5.65 Å². The second-order valence-electron chi connectivity index (χ2n) is 4.21. The summed E-state index contributed by atoms with van der Waals surface area (Å²) in [4.78, 5) is 31.3. The van der Waals surface area contributed by atoms with Gasteiger partial charge in [-0.2, -0.15) is 0 Å². The Morgan fingerprint density at radius 3 is 2.29 bits per heavy atom. The Labute approximate surface area is 116 Å². The zero-order valence-electron chi connectivity index (χ0n) is 10.4. The van der Waals surface area contributed by atoms with Crippen molar-refractivity contribution in [1.29, 1.82) is 0 Å². The lowest BCUT2D eigenvalue weighted by Gasteiger charge is -1.95. The van der Waals surface area contributed by atoms with Gasteiger partial charge in [0.25, 0.3) is 11.4 Å². The predicted molar refractivity (Wildman–Crippen MR) is 72.6 cm³/mol. The van der Waals surface area contributed by atoms with Crippen molar-refractivity contribution in [2.24, 2.45) is 0 Å². The zero-order valence-corrected chi connectivity index (χ0v) is 10.4. The number of nitro groups is 2. The normalized spacial score (nSPS) is 10.7. The Bertz CT molecular complexity index is 856. The number of fused-ring (bicyclic) bond motifs is 1. The number of aromatic nitrogens is 3. The lowest BCUT2D eigenvalue weighted by atomic mass is 10.2. The molecule has 0 aliphatic heterocycles. The van der Waals surface area contributed by atoms with Crippen LogP contribution in [0.1, 0.15) is 0 Å². The van der Waals surface area contributed by atoms with Crippen LogP contribution in [0.4, 0.5) is 11.4 Å². The number of non-ortho nitro benzene ring substituents is 1. The molecule has 0 saturated heterocycles. The molecule has 0 spiro atoms. The summed E-state index contributed by atoms with van der Waals surface area (Å²) in [5.41, 5.74) is 1.22. The van der Waals surface area contributed by atoms with Gasteiger partial charge < -0.3 is 4.98 Å². The lowest BCUT2D eigenvalue weighted by molar-refractivity contribution is -0.385. The largest absolute Gasteiger partial charge is 0.323 e. The van der Waals surface area contributed by atoms with Gasteiger partial charge in [0, 0.05) is 23.8 Å². The topological polar surface area (TPSA) is 128 Å². The van der Waals surface area contributed by atoms with Crippen molar-refractivity contribution in [1.82, 2.24) is 15.0 Å². The number of aromatic amines is 1. The average Bonchev–Trinajstić information content (AvgIpc) is 2.90. The summed E-state index contributed by atoms with van der Waals surface area (Å²) in [5.74, 6) is 0.438. The van der Waals surface area contributed by atoms with Gasteiger partial charge in [-0.05, 0) is 12.1 Å². The summed E-state index contributed by atoms with van der Waals surface area (Å²) in [6.07, 6.45) is 1.14. The summed E-state index contributed by atoms with van der Waals surface area (Å²) in [5, 5.41) is 21.3. The second-order valence-corrected chi connectivity index (χ2v) is 4.21. The van der Waals surface area contributed by atoms with Crippen LogP contribution in [0.3, 0.4) is 0 Å². The molecule has 104 valence electrons. The van der Waals surface area contributed by atoms with Gasteiger partial charge >= 0.3 is 0 Å². The van der Waals surface area contributed by atoms with Gasteiger partial charge in [-0.15, -0.1) is 0 Å². The Balaban J connectivity index is 2.04. The van der Waals surface area contributed by atoms with Crippen molar-refractivity contribution in [2.75, 3.05) is 0 Å². The summed E-state index contributed by atoms with van der Waals surface area (Å²) in [6.45, 7) is 0. The Hall–Kier alpha value is -3.36. The zero-order chi connectivity index (χ0) is 15.0. The van der Waals surface area contributed by atoms with E-state index in [4.69, 9.17) is 0 Å². The molecule has 0 atom stereocenters. The molecule has 0 aliphatic rings. The highest BCUT2D eigenvalue weighted by Crippen LogP contribution is 2.23. The number of rotatable bonds is 3. The standard InChI is InChI=1S/C12H7N5O4/c18-16(19)8-3-1-7(2-4-8)11-14-10-5-9(17(20)21)6-13-12(10)15-11/h1-6H,(H,13,14,15). The molecule has 1 N–H and O–H groups in total. The minimum atomic E-state index is -0.549. The SMILES string of the molecule is O=[N+]([O-])c1ccc(-c2nc3cc([N+](=O)[O-])cnc3[nH]2)cc1. The van der Waals surface area contributed by atoms with E-state index < -0.39 is 9.85 Å². The Morgan fingerprint density at radius 1 is 1.00 bits per heavy atom. The highest BCUT2D eigenvalue weighted by atomic mass is 16.6. The summed E-state index contributed by atoms with van der Waals surface area (Å²) in [7, 11) is 0. The predicted octanol–water partition coefficient (Wildman–Crippen LogP) is 2.44. The number of nitro benzene ring substituents is 1. The van der Waals surface area contributed by atoms with Crippen LogP contribution in [0.2, 0.25) is 0 Å². The van der Waals surface area contributed by atoms with Gasteiger partial charge in [-0.3, -0.25) is 20.2 Å². The Kier molecular flexibility index (Phi) is 2.79. The molecule has 9 nitrogen and oxygen atoms in total. The van der Waals surface area contributed by atoms with E-state index in [0.717, 1.165) is 6.20 Å². The third-order valence-corrected chi connectivity index (χ3v) is 2.88. The number of pyridine rings is 1. The van der Waals surface area contributed by atoms with E-state index in [9.17, 15) is 20.2 Å². The number of benzene rings is 1. The molecule has 1 aromatic carbocycles. The quantitative estimate of drug-likeness (QED) is 0.581. The summed E-state index contributed by atoms with van der Waals surface area (Å²) >= 11 is 0. The third-order valence-electron chi connectivity index (χ3n) is 2.88. The van der Waals surface area contributed by atoms with Gasteiger partial charge in [0.2, 0.25) is 0 Å². The Morgan fingerprint density at radius 2 is 1.67 bits per heavy atom. The maximum atomic E-state index is 10.7. The molecule has 0 radical (unpaired) electrons. The van der Waals surface area contributed by atoms with Crippen molar-refractivity contribution < 1.29 is 9.85 Å². The van der Waals surface area contributed by atoms with E-state index in [1.807, 2.05) is 0 Å². The highest BCUT2D eigenvalue weighted by molar-refractivity contribution is 5.77. The number of H-pyrrole nitrogens is 1. The number of nitrogens with one attached hydrogen (secondary N) is 1. The molecule has 0 bridgehead atoms. The first-order chi connectivity index (χ1) is 10.0. The van der Waals surface area contributed by atoms with E-state index in [1.54, 1.807) is 12.1 Å². The van der Waals surface area contributed by atoms with Crippen LogP contribution in [0.25, 0.3) is 22.6 Å². The van der Waals surface area contributed by atoms with Gasteiger partial charge in [-0.25, -0.2) is 9.97 Å². The number of hydrogen-bond donors (Lipinski definition) is 1. The van der Waals surface area contributed by atoms with Crippen molar-refractivity contribution in [2.45, 2.75) is 0 Å². The van der Waals surface area contributed by atoms with E-state index in [1.165, 1.54) is 18.2 Å². The van der Waals surface area contributed by atoms with Gasteiger partial charge in [0.1, 0.15) is 17.5 Å². The third kappa shape index (κ3) is 2.27. The molecule has 0 unspecified atom stereocenters. The summed E-state index contributed by atoms with van der Waals surface area (Å²) in [6, 6.07) is 7.12. The number of nitrogens with zero attached hydrogens (tertiary/aromatic N) is 4. The maximum absolute atomic E-state index is 10.7. The first-order valence-corrected chi connectivity index (χ1v) is 5.79. The fourth-order valence-corrected chi connectivity index (χ4v) is 1.86. The smallest absolute Gasteiger partial charge is 0.289 e. The molecule has 0 aliphatic carbocycles. The second kappa shape index (κ2) is 4.63. The molecule has 9 heteroatoms.